The summed E-state index contributed by atoms with van der Waals surface area (Å²) in [5.41, 5.74) is 0.876. The van der Waals surface area contributed by atoms with Crippen LogP contribution in [0.4, 0.5) is 4.39 Å². The molecule has 0 fully saturated rings. The van der Waals surface area contributed by atoms with Gasteiger partial charge in [0.05, 0.1) is 3.79 Å². The van der Waals surface area contributed by atoms with Crippen LogP contribution in [0.2, 0.25) is 0 Å². The van der Waals surface area contributed by atoms with E-state index in [9.17, 15) is 9.50 Å². The van der Waals surface area contributed by atoms with Crippen LogP contribution in [0.5, 0.6) is 0 Å². The Balaban J connectivity index is 2.41. The first kappa shape index (κ1) is 11.8. The van der Waals surface area contributed by atoms with Crippen molar-refractivity contribution in [1.29, 1.82) is 0 Å². The maximum atomic E-state index is 13.8. The summed E-state index contributed by atoms with van der Waals surface area (Å²) in [4.78, 5) is 0.733. The van der Waals surface area contributed by atoms with Crippen LogP contribution in [0.25, 0.3) is 0 Å². The quantitative estimate of drug-likeness (QED) is 0.887. The van der Waals surface area contributed by atoms with Gasteiger partial charge in [-0.1, -0.05) is 18.2 Å². The minimum Gasteiger partial charge on any atom is -0.383 e. The second kappa shape index (κ2) is 4.65. The first-order valence-corrected chi connectivity index (χ1v) is 6.39. The van der Waals surface area contributed by atoms with E-state index >= 15 is 0 Å². The number of rotatable bonds is 2. The average molecular weight is 301 g/mol. The van der Waals surface area contributed by atoms with Gasteiger partial charge < -0.3 is 5.11 Å². The molecular formula is C12H10BrFOS. The average Bonchev–Trinajstić information content (AvgIpc) is 2.68. The first-order valence-electron chi connectivity index (χ1n) is 4.78. The highest BCUT2D eigenvalue weighted by molar-refractivity contribution is 9.11. The van der Waals surface area contributed by atoms with Crippen LogP contribution in [0.15, 0.2) is 34.1 Å². The molecule has 0 spiro atoms. The van der Waals surface area contributed by atoms with Crippen LogP contribution in [0, 0.1) is 12.7 Å². The van der Waals surface area contributed by atoms with Gasteiger partial charge in [0, 0.05) is 10.4 Å². The molecule has 0 radical (unpaired) electrons. The number of thiophene rings is 1. The molecule has 0 saturated heterocycles. The fraction of sp³-hybridized carbons (Fsp3) is 0.167. The highest BCUT2D eigenvalue weighted by atomic mass is 79.9. The van der Waals surface area contributed by atoms with Crippen molar-refractivity contribution >= 4 is 27.3 Å². The number of benzene rings is 1. The Hall–Kier alpha value is -0.710. The largest absolute Gasteiger partial charge is 0.383 e. The highest BCUT2D eigenvalue weighted by Crippen LogP contribution is 2.32. The van der Waals surface area contributed by atoms with E-state index in [2.05, 4.69) is 15.9 Å². The summed E-state index contributed by atoms with van der Waals surface area (Å²) in [5, 5.41) is 10.1. The summed E-state index contributed by atoms with van der Waals surface area (Å²) in [6, 6.07) is 8.69. The standard InChI is InChI=1S/C12H10BrFOS/c1-7-3-2-4-8(11(7)14)12(15)9-5-6-10(13)16-9/h2-6,12,15H,1H3. The van der Waals surface area contributed by atoms with Gasteiger partial charge in [0.2, 0.25) is 0 Å². The lowest BCUT2D eigenvalue weighted by molar-refractivity contribution is 0.218. The molecule has 0 saturated carbocycles. The molecule has 0 aliphatic heterocycles. The molecule has 1 heterocycles. The van der Waals surface area contributed by atoms with Crippen molar-refractivity contribution < 1.29 is 9.50 Å². The van der Waals surface area contributed by atoms with Crippen molar-refractivity contribution in [2.24, 2.45) is 0 Å². The first-order chi connectivity index (χ1) is 7.59. The van der Waals surface area contributed by atoms with E-state index in [1.165, 1.54) is 11.3 Å². The molecule has 1 unspecified atom stereocenters. The van der Waals surface area contributed by atoms with Crippen LogP contribution < -0.4 is 0 Å². The summed E-state index contributed by atoms with van der Waals surface area (Å²) < 4.78 is 14.7. The number of hydrogen-bond donors (Lipinski definition) is 1. The lowest BCUT2D eigenvalue weighted by atomic mass is 10.0. The molecular weight excluding hydrogens is 291 g/mol. The molecule has 0 bridgehead atoms. The Kier molecular flexibility index (Phi) is 3.42. The van der Waals surface area contributed by atoms with Crippen molar-refractivity contribution in [1.82, 2.24) is 0 Å². The number of hydrogen-bond acceptors (Lipinski definition) is 2. The zero-order chi connectivity index (χ0) is 11.7. The molecule has 0 amide bonds. The Morgan fingerprint density at radius 2 is 2.06 bits per heavy atom. The van der Waals surface area contributed by atoms with E-state index in [0.29, 0.717) is 11.1 Å². The summed E-state index contributed by atoms with van der Waals surface area (Å²) in [6.07, 6.45) is -0.892. The van der Waals surface area contributed by atoms with Crippen molar-refractivity contribution in [3.05, 3.63) is 55.9 Å². The fourth-order valence-corrected chi connectivity index (χ4v) is 2.94. The van der Waals surface area contributed by atoms with Crippen molar-refractivity contribution in [2.45, 2.75) is 13.0 Å². The van der Waals surface area contributed by atoms with E-state index in [1.807, 2.05) is 6.07 Å². The zero-order valence-electron chi connectivity index (χ0n) is 8.58. The summed E-state index contributed by atoms with van der Waals surface area (Å²) in [7, 11) is 0. The topological polar surface area (TPSA) is 20.2 Å². The molecule has 1 aromatic carbocycles. The van der Waals surface area contributed by atoms with E-state index in [-0.39, 0.29) is 5.82 Å². The molecule has 4 heteroatoms. The van der Waals surface area contributed by atoms with Gasteiger partial charge >= 0.3 is 0 Å². The molecule has 1 atom stereocenters. The summed E-state index contributed by atoms with van der Waals surface area (Å²) in [6.45, 7) is 1.69. The Bertz CT molecular complexity index is 509. The molecule has 1 N–H and O–H groups in total. The minimum absolute atomic E-state index is 0.328. The maximum absolute atomic E-state index is 13.8. The van der Waals surface area contributed by atoms with Crippen molar-refractivity contribution in [2.75, 3.05) is 0 Å². The molecule has 84 valence electrons. The third-order valence-corrected chi connectivity index (χ3v) is 4.06. The highest BCUT2D eigenvalue weighted by Gasteiger charge is 2.17. The molecule has 1 nitrogen and oxygen atoms in total. The predicted molar refractivity (Wildman–Crippen MR) is 67.2 cm³/mol. The SMILES string of the molecule is Cc1cccc(C(O)c2ccc(Br)s2)c1F. The van der Waals surface area contributed by atoms with Gasteiger partial charge in [-0.2, -0.15) is 0 Å². The zero-order valence-corrected chi connectivity index (χ0v) is 11.0. The van der Waals surface area contributed by atoms with Crippen LogP contribution in [-0.2, 0) is 0 Å². The second-order valence-electron chi connectivity index (χ2n) is 3.52. The third kappa shape index (κ3) is 2.19. The van der Waals surface area contributed by atoms with Crippen LogP contribution in [-0.4, -0.2) is 5.11 Å². The summed E-state index contributed by atoms with van der Waals surface area (Å²) >= 11 is 4.72. The number of aryl methyl sites for hydroxylation is 1. The van der Waals surface area contributed by atoms with Gasteiger partial charge in [-0.15, -0.1) is 11.3 Å². The van der Waals surface area contributed by atoms with Gasteiger partial charge in [-0.3, -0.25) is 0 Å². The van der Waals surface area contributed by atoms with Gasteiger partial charge in [0.1, 0.15) is 11.9 Å². The van der Waals surface area contributed by atoms with E-state index in [4.69, 9.17) is 0 Å². The van der Waals surface area contributed by atoms with Crippen molar-refractivity contribution in [3.8, 4) is 0 Å². The maximum Gasteiger partial charge on any atom is 0.132 e. The predicted octanol–water partition coefficient (Wildman–Crippen LogP) is 4.04. The molecule has 2 rings (SSSR count). The van der Waals surface area contributed by atoms with E-state index < -0.39 is 6.10 Å². The Labute approximate surface area is 106 Å². The van der Waals surface area contributed by atoms with Gasteiger partial charge in [0.15, 0.2) is 0 Å². The molecule has 1 aromatic heterocycles. The van der Waals surface area contributed by atoms with Gasteiger partial charge in [0.25, 0.3) is 0 Å². The normalized spacial score (nSPS) is 12.8. The Morgan fingerprint density at radius 3 is 2.69 bits per heavy atom. The number of aliphatic hydroxyl groups is 1. The van der Waals surface area contributed by atoms with E-state index in [1.54, 1.807) is 31.2 Å². The minimum atomic E-state index is -0.892. The van der Waals surface area contributed by atoms with Crippen LogP contribution >= 0.6 is 27.3 Å². The van der Waals surface area contributed by atoms with Crippen molar-refractivity contribution in [3.63, 3.8) is 0 Å². The van der Waals surface area contributed by atoms with Gasteiger partial charge in [-0.05, 0) is 40.5 Å². The molecule has 0 aliphatic rings. The van der Waals surface area contributed by atoms with Gasteiger partial charge in [-0.25, -0.2) is 4.39 Å². The molecule has 0 aliphatic carbocycles. The lowest BCUT2D eigenvalue weighted by Gasteiger charge is -2.11. The summed E-state index contributed by atoms with van der Waals surface area (Å²) in [5.74, 6) is -0.334. The number of aliphatic hydroxyl groups excluding tert-OH is 1. The smallest absolute Gasteiger partial charge is 0.132 e. The van der Waals surface area contributed by atoms with Crippen LogP contribution in [0.3, 0.4) is 0 Å². The van der Waals surface area contributed by atoms with Crippen LogP contribution in [0.1, 0.15) is 22.1 Å². The third-order valence-electron chi connectivity index (χ3n) is 2.38. The molecule has 2 aromatic rings. The second-order valence-corrected chi connectivity index (χ2v) is 6.02. The lowest BCUT2D eigenvalue weighted by Crippen LogP contribution is -2.01. The Morgan fingerprint density at radius 1 is 1.31 bits per heavy atom. The molecule has 16 heavy (non-hydrogen) atoms. The van der Waals surface area contributed by atoms with E-state index in [0.717, 1.165) is 8.66 Å². The monoisotopic (exact) mass is 300 g/mol. The number of halogens is 2. The fourth-order valence-electron chi connectivity index (χ4n) is 1.51.